The molecule has 4 heteroatoms. The summed E-state index contributed by atoms with van der Waals surface area (Å²) in [7, 11) is 2.18. The fourth-order valence-corrected chi connectivity index (χ4v) is 3.90. The summed E-state index contributed by atoms with van der Waals surface area (Å²) in [5.41, 5.74) is 0.131. The van der Waals surface area contributed by atoms with Gasteiger partial charge in [-0.25, -0.2) is 0 Å². The van der Waals surface area contributed by atoms with Gasteiger partial charge in [-0.3, -0.25) is 4.79 Å². The molecular weight excluding hydrogens is 214 g/mol. The Bertz CT molecular complexity index is 320. The van der Waals surface area contributed by atoms with Gasteiger partial charge in [0.25, 0.3) is 0 Å². The lowest BCUT2D eigenvalue weighted by Gasteiger charge is -2.43. The van der Waals surface area contributed by atoms with Gasteiger partial charge in [-0.1, -0.05) is 6.42 Å². The molecular formula is C13H23N3O. The Kier molecular flexibility index (Phi) is 2.87. The molecule has 3 atom stereocenters. The SMILES string of the molecule is CN1CCCC2(CNC(=O)C3CCCC3N2)C1. The van der Waals surface area contributed by atoms with Crippen molar-refractivity contribution in [2.24, 2.45) is 5.92 Å². The smallest absolute Gasteiger partial charge is 0.224 e. The van der Waals surface area contributed by atoms with Gasteiger partial charge in [0.2, 0.25) is 5.91 Å². The number of nitrogens with zero attached hydrogens (tertiary/aromatic N) is 1. The lowest BCUT2D eigenvalue weighted by atomic mass is 9.88. The third kappa shape index (κ3) is 2.08. The van der Waals surface area contributed by atoms with E-state index in [0.29, 0.717) is 6.04 Å². The van der Waals surface area contributed by atoms with Crippen LogP contribution in [-0.4, -0.2) is 49.1 Å². The number of piperidine rings is 1. The van der Waals surface area contributed by atoms with Crippen LogP contribution in [0.1, 0.15) is 32.1 Å². The van der Waals surface area contributed by atoms with E-state index in [2.05, 4.69) is 22.6 Å². The highest BCUT2D eigenvalue weighted by atomic mass is 16.2. The molecule has 2 heterocycles. The number of carbonyl (C=O) groups excluding carboxylic acids is 1. The first kappa shape index (κ1) is 11.5. The second-order valence-corrected chi connectivity index (χ2v) is 6.13. The minimum Gasteiger partial charge on any atom is -0.354 e. The van der Waals surface area contributed by atoms with Crippen molar-refractivity contribution in [3.63, 3.8) is 0 Å². The van der Waals surface area contributed by atoms with Crippen molar-refractivity contribution in [3.05, 3.63) is 0 Å². The van der Waals surface area contributed by atoms with E-state index in [-0.39, 0.29) is 17.4 Å². The van der Waals surface area contributed by atoms with Gasteiger partial charge in [-0.05, 0) is 39.3 Å². The van der Waals surface area contributed by atoms with Gasteiger partial charge in [-0.2, -0.15) is 0 Å². The second-order valence-electron chi connectivity index (χ2n) is 6.13. The summed E-state index contributed by atoms with van der Waals surface area (Å²) >= 11 is 0. The van der Waals surface area contributed by atoms with E-state index in [1.165, 1.54) is 32.2 Å². The Labute approximate surface area is 103 Å². The van der Waals surface area contributed by atoms with Gasteiger partial charge < -0.3 is 15.5 Å². The number of carbonyl (C=O) groups is 1. The van der Waals surface area contributed by atoms with Crippen molar-refractivity contribution in [1.82, 2.24) is 15.5 Å². The highest BCUT2D eigenvalue weighted by molar-refractivity contribution is 5.80. The first-order valence-electron chi connectivity index (χ1n) is 6.93. The Morgan fingerprint density at radius 1 is 1.35 bits per heavy atom. The minimum absolute atomic E-state index is 0.131. The van der Waals surface area contributed by atoms with Crippen LogP contribution in [0.2, 0.25) is 0 Å². The quantitative estimate of drug-likeness (QED) is 0.638. The molecule has 4 nitrogen and oxygen atoms in total. The first-order chi connectivity index (χ1) is 8.19. The molecule has 1 spiro atoms. The minimum atomic E-state index is 0.131. The third-order valence-electron chi connectivity index (χ3n) is 4.71. The molecule has 1 amide bonds. The molecule has 3 aliphatic rings. The van der Waals surface area contributed by atoms with Crippen molar-refractivity contribution >= 4 is 5.91 Å². The molecule has 2 N–H and O–H groups in total. The Morgan fingerprint density at radius 2 is 2.24 bits per heavy atom. The van der Waals surface area contributed by atoms with Crippen LogP contribution in [0.4, 0.5) is 0 Å². The lowest BCUT2D eigenvalue weighted by molar-refractivity contribution is -0.124. The van der Waals surface area contributed by atoms with Gasteiger partial charge in [0.05, 0.1) is 5.92 Å². The van der Waals surface area contributed by atoms with Crippen LogP contribution in [-0.2, 0) is 4.79 Å². The second kappa shape index (κ2) is 4.25. The summed E-state index contributed by atoms with van der Waals surface area (Å²) in [4.78, 5) is 14.4. The van der Waals surface area contributed by atoms with Gasteiger partial charge in [-0.15, -0.1) is 0 Å². The summed E-state index contributed by atoms with van der Waals surface area (Å²) in [6.45, 7) is 3.06. The first-order valence-corrected chi connectivity index (χ1v) is 6.93. The van der Waals surface area contributed by atoms with Crippen molar-refractivity contribution in [1.29, 1.82) is 0 Å². The van der Waals surface area contributed by atoms with Crippen molar-refractivity contribution in [2.75, 3.05) is 26.7 Å². The maximum Gasteiger partial charge on any atom is 0.224 e. The Balaban J connectivity index is 1.80. The molecule has 0 aromatic heterocycles. The van der Waals surface area contributed by atoms with Crippen LogP contribution in [0.25, 0.3) is 0 Å². The van der Waals surface area contributed by atoms with Gasteiger partial charge in [0.1, 0.15) is 0 Å². The molecule has 0 radical (unpaired) electrons. The molecule has 0 aromatic carbocycles. The van der Waals surface area contributed by atoms with E-state index in [0.717, 1.165) is 19.5 Å². The van der Waals surface area contributed by atoms with E-state index in [4.69, 9.17) is 0 Å². The van der Waals surface area contributed by atoms with Gasteiger partial charge in [0, 0.05) is 24.7 Å². The third-order valence-corrected chi connectivity index (χ3v) is 4.71. The molecule has 3 rings (SSSR count). The average Bonchev–Trinajstić information content (AvgIpc) is 2.70. The van der Waals surface area contributed by atoms with Crippen molar-refractivity contribution in [2.45, 2.75) is 43.7 Å². The van der Waals surface area contributed by atoms with Crippen LogP contribution in [0, 0.1) is 5.92 Å². The molecule has 2 aliphatic heterocycles. The molecule has 0 bridgehead atoms. The topological polar surface area (TPSA) is 44.4 Å². The zero-order valence-electron chi connectivity index (χ0n) is 10.7. The van der Waals surface area contributed by atoms with E-state index < -0.39 is 0 Å². The van der Waals surface area contributed by atoms with E-state index in [9.17, 15) is 4.79 Å². The van der Waals surface area contributed by atoms with E-state index in [1.807, 2.05) is 0 Å². The molecule has 96 valence electrons. The summed E-state index contributed by atoms with van der Waals surface area (Å²) < 4.78 is 0. The number of likely N-dealkylation sites (tertiary alicyclic amines) is 1. The zero-order valence-corrected chi connectivity index (χ0v) is 10.7. The van der Waals surface area contributed by atoms with Crippen LogP contribution in [0.3, 0.4) is 0 Å². The number of rotatable bonds is 0. The number of hydrogen-bond acceptors (Lipinski definition) is 3. The zero-order chi connectivity index (χ0) is 11.9. The van der Waals surface area contributed by atoms with E-state index >= 15 is 0 Å². The summed E-state index contributed by atoms with van der Waals surface area (Å²) in [6.07, 6.45) is 5.86. The fraction of sp³-hybridized carbons (Fsp3) is 0.923. The molecule has 0 aromatic rings. The summed E-state index contributed by atoms with van der Waals surface area (Å²) in [6, 6.07) is 0.420. The predicted molar refractivity (Wildman–Crippen MR) is 66.7 cm³/mol. The molecule has 3 fully saturated rings. The number of nitrogens with one attached hydrogen (secondary N) is 2. The Morgan fingerprint density at radius 3 is 3.06 bits per heavy atom. The number of likely N-dealkylation sites (N-methyl/N-ethyl adjacent to an activating group) is 1. The maximum absolute atomic E-state index is 12.0. The van der Waals surface area contributed by atoms with E-state index in [1.54, 1.807) is 0 Å². The van der Waals surface area contributed by atoms with Crippen LogP contribution >= 0.6 is 0 Å². The van der Waals surface area contributed by atoms with Crippen molar-refractivity contribution in [3.8, 4) is 0 Å². The maximum atomic E-state index is 12.0. The monoisotopic (exact) mass is 237 g/mol. The molecule has 1 aliphatic carbocycles. The summed E-state index contributed by atoms with van der Waals surface area (Å²) in [5, 5.41) is 7.00. The van der Waals surface area contributed by atoms with Crippen LogP contribution in [0.5, 0.6) is 0 Å². The fourth-order valence-electron chi connectivity index (χ4n) is 3.90. The number of fused-ring (bicyclic) bond motifs is 1. The average molecular weight is 237 g/mol. The molecule has 1 saturated carbocycles. The normalized spacial score (nSPS) is 43.2. The van der Waals surface area contributed by atoms with Crippen molar-refractivity contribution < 1.29 is 4.79 Å². The molecule has 2 saturated heterocycles. The van der Waals surface area contributed by atoms with Crippen LogP contribution in [0.15, 0.2) is 0 Å². The standard InChI is InChI=1S/C13H23N3O/c1-16-7-3-6-13(9-16)8-14-12(17)10-4-2-5-11(10)15-13/h10-11,15H,2-9H2,1H3,(H,14,17). The van der Waals surface area contributed by atoms with Gasteiger partial charge in [0.15, 0.2) is 0 Å². The molecule has 3 unspecified atom stereocenters. The molecule has 17 heavy (non-hydrogen) atoms. The lowest BCUT2D eigenvalue weighted by Crippen LogP contribution is -2.61. The Hall–Kier alpha value is -0.610. The highest BCUT2D eigenvalue weighted by Crippen LogP contribution is 2.32. The largest absolute Gasteiger partial charge is 0.354 e. The number of hydrogen-bond donors (Lipinski definition) is 2. The van der Waals surface area contributed by atoms with Crippen LogP contribution < -0.4 is 10.6 Å². The van der Waals surface area contributed by atoms with Gasteiger partial charge >= 0.3 is 0 Å². The predicted octanol–water partition coefficient (Wildman–Crippen LogP) is 0.339. The highest BCUT2D eigenvalue weighted by Gasteiger charge is 2.44. The number of amides is 1. The summed E-state index contributed by atoms with van der Waals surface area (Å²) in [5.74, 6) is 0.506.